The minimum absolute atomic E-state index is 0.0827. The molecule has 0 saturated heterocycles. The van der Waals surface area contributed by atoms with Crippen LogP contribution < -0.4 is 9.62 Å². The number of sulfonamides is 1. The number of amides is 1. The summed E-state index contributed by atoms with van der Waals surface area (Å²) >= 11 is 1.66. The van der Waals surface area contributed by atoms with Gasteiger partial charge in [0.05, 0.1) is 10.6 Å². The Labute approximate surface area is 158 Å². The Morgan fingerprint density at radius 1 is 1.27 bits per heavy atom. The van der Waals surface area contributed by atoms with E-state index in [-0.39, 0.29) is 22.6 Å². The van der Waals surface area contributed by atoms with Crippen LogP contribution in [0.2, 0.25) is 0 Å². The number of anilines is 1. The average molecular weight is 391 g/mol. The van der Waals surface area contributed by atoms with Crippen molar-refractivity contribution >= 4 is 33.4 Å². The highest BCUT2D eigenvalue weighted by Gasteiger charge is 2.27. The molecular weight excluding hydrogens is 368 g/mol. The zero-order chi connectivity index (χ0) is 18.9. The summed E-state index contributed by atoms with van der Waals surface area (Å²) in [5, 5.41) is 0.272. The molecule has 0 bridgehead atoms. The van der Waals surface area contributed by atoms with E-state index < -0.39 is 10.0 Å². The summed E-state index contributed by atoms with van der Waals surface area (Å²) in [5.74, 6) is -0.0827. The number of nitrogens with one attached hydrogen (secondary N) is 1. The SMILES string of the molecule is CC(=O)N1C[C@@H](C)Sc2ccc(S(=O)(=O)NCc3cccc(C)c3)cc21. The van der Waals surface area contributed by atoms with Crippen molar-refractivity contribution in [3.63, 3.8) is 0 Å². The Balaban J connectivity index is 1.86. The molecule has 0 spiro atoms. The van der Waals surface area contributed by atoms with Gasteiger partial charge in [-0.05, 0) is 30.7 Å². The van der Waals surface area contributed by atoms with E-state index in [1.54, 1.807) is 34.9 Å². The Bertz CT molecular complexity index is 942. The van der Waals surface area contributed by atoms with Gasteiger partial charge in [-0.3, -0.25) is 4.79 Å². The molecule has 1 N–H and O–H groups in total. The molecule has 1 aliphatic heterocycles. The first-order valence-corrected chi connectivity index (χ1v) is 10.8. The van der Waals surface area contributed by atoms with E-state index in [2.05, 4.69) is 11.6 Å². The highest BCUT2D eigenvalue weighted by molar-refractivity contribution is 8.00. The standard InChI is InChI=1S/C19H22N2O3S2/c1-13-5-4-6-16(9-13)11-20-26(23,24)17-7-8-19-18(10-17)21(15(3)22)12-14(2)25-19/h4-10,14,20H,11-12H2,1-3H3/t14-/m1/s1. The van der Waals surface area contributed by atoms with Crippen LogP contribution >= 0.6 is 11.8 Å². The lowest BCUT2D eigenvalue weighted by molar-refractivity contribution is -0.116. The molecule has 0 fully saturated rings. The smallest absolute Gasteiger partial charge is 0.240 e. The number of nitrogens with zero attached hydrogens (tertiary/aromatic N) is 1. The fraction of sp³-hybridized carbons (Fsp3) is 0.316. The predicted octanol–water partition coefficient (Wildman–Crippen LogP) is 3.32. The van der Waals surface area contributed by atoms with Crippen molar-refractivity contribution in [1.29, 1.82) is 0 Å². The largest absolute Gasteiger partial charge is 0.310 e. The Hall–Kier alpha value is -1.83. The molecule has 7 heteroatoms. The van der Waals surface area contributed by atoms with Crippen molar-refractivity contribution in [2.45, 2.75) is 42.4 Å². The third-order valence-corrected chi connectivity index (χ3v) is 6.78. The summed E-state index contributed by atoms with van der Waals surface area (Å²) in [7, 11) is -3.66. The van der Waals surface area contributed by atoms with Crippen molar-refractivity contribution in [2.75, 3.05) is 11.4 Å². The highest BCUT2D eigenvalue weighted by Crippen LogP contribution is 2.39. The Kier molecular flexibility index (Phi) is 5.41. The molecule has 1 aliphatic rings. The average Bonchev–Trinajstić information content (AvgIpc) is 2.59. The van der Waals surface area contributed by atoms with E-state index in [9.17, 15) is 13.2 Å². The molecule has 5 nitrogen and oxygen atoms in total. The quantitative estimate of drug-likeness (QED) is 0.870. The summed E-state index contributed by atoms with van der Waals surface area (Å²) in [6.45, 7) is 6.33. The molecule has 1 atom stereocenters. The normalized spacial score (nSPS) is 17.0. The van der Waals surface area contributed by atoms with Crippen LogP contribution in [0.5, 0.6) is 0 Å². The number of hydrogen-bond acceptors (Lipinski definition) is 4. The number of thioether (sulfide) groups is 1. The van der Waals surface area contributed by atoms with Crippen LogP contribution in [0, 0.1) is 6.92 Å². The molecule has 0 aromatic heterocycles. The number of carbonyl (C=O) groups is 1. The molecule has 2 aromatic rings. The monoisotopic (exact) mass is 390 g/mol. The molecule has 3 rings (SSSR count). The number of carbonyl (C=O) groups excluding carboxylic acids is 1. The van der Waals surface area contributed by atoms with Crippen LogP contribution in [0.1, 0.15) is 25.0 Å². The van der Waals surface area contributed by atoms with Crippen molar-refractivity contribution in [1.82, 2.24) is 4.72 Å². The van der Waals surface area contributed by atoms with Gasteiger partial charge in [0, 0.05) is 30.2 Å². The maximum Gasteiger partial charge on any atom is 0.240 e. The minimum atomic E-state index is -3.66. The summed E-state index contributed by atoms with van der Waals surface area (Å²) in [6, 6.07) is 12.7. The second-order valence-electron chi connectivity index (χ2n) is 6.50. The van der Waals surface area contributed by atoms with Crippen molar-refractivity contribution in [2.24, 2.45) is 0 Å². The maximum atomic E-state index is 12.7. The topological polar surface area (TPSA) is 66.5 Å². The van der Waals surface area contributed by atoms with Gasteiger partial charge in [-0.1, -0.05) is 36.8 Å². The van der Waals surface area contributed by atoms with E-state index in [0.29, 0.717) is 12.2 Å². The van der Waals surface area contributed by atoms with E-state index in [1.807, 2.05) is 31.2 Å². The lowest BCUT2D eigenvalue weighted by Gasteiger charge is -2.32. The molecule has 0 unspecified atom stereocenters. The van der Waals surface area contributed by atoms with Crippen LogP contribution in [0.3, 0.4) is 0 Å². The minimum Gasteiger partial charge on any atom is -0.310 e. The second kappa shape index (κ2) is 7.42. The highest BCUT2D eigenvalue weighted by atomic mass is 32.2. The van der Waals surface area contributed by atoms with Gasteiger partial charge in [0.1, 0.15) is 0 Å². The third-order valence-electron chi connectivity index (χ3n) is 4.23. The molecule has 0 radical (unpaired) electrons. The van der Waals surface area contributed by atoms with E-state index in [0.717, 1.165) is 16.0 Å². The molecule has 26 heavy (non-hydrogen) atoms. The fourth-order valence-corrected chi connectivity index (χ4v) is 5.10. The lowest BCUT2D eigenvalue weighted by atomic mass is 10.1. The number of fused-ring (bicyclic) bond motifs is 1. The first kappa shape index (κ1) is 18.9. The zero-order valence-corrected chi connectivity index (χ0v) is 16.7. The molecular formula is C19H22N2O3S2. The molecule has 0 aliphatic carbocycles. The lowest BCUT2D eigenvalue weighted by Crippen LogP contribution is -2.37. The number of hydrogen-bond donors (Lipinski definition) is 1. The maximum absolute atomic E-state index is 12.7. The second-order valence-corrected chi connectivity index (χ2v) is 9.75. The molecule has 1 heterocycles. The van der Waals surface area contributed by atoms with Gasteiger partial charge in [-0.2, -0.15) is 0 Å². The van der Waals surface area contributed by atoms with Gasteiger partial charge in [0.15, 0.2) is 0 Å². The summed E-state index contributed by atoms with van der Waals surface area (Å²) in [4.78, 5) is 14.7. The van der Waals surface area contributed by atoms with Crippen LogP contribution in [0.15, 0.2) is 52.3 Å². The molecule has 2 aromatic carbocycles. The Morgan fingerprint density at radius 3 is 2.73 bits per heavy atom. The van der Waals surface area contributed by atoms with Gasteiger partial charge < -0.3 is 4.90 Å². The Morgan fingerprint density at radius 2 is 2.04 bits per heavy atom. The first-order valence-electron chi connectivity index (χ1n) is 8.40. The number of rotatable bonds is 4. The number of aryl methyl sites for hydroxylation is 1. The van der Waals surface area contributed by atoms with E-state index in [4.69, 9.17) is 0 Å². The van der Waals surface area contributed by atoms with Crippen LogP contribution in [-0.4, -0.2) is 26.1 Å². The van der Waals surface area contributed by atoms with Crippen LogP contribution in [-0.2, 0) is 21.4 Å². The zero-order valence-electron chi connectivity index (χ0n) is 15.0. The first-order chi connectivity index (χ1) is 12.3. The molecule has 138 valence electrons. The van der Waals surface area contributed by atoms with Crippen LogP contribution in [0.25, 0.3) is 0 Å². The summed E-state index contributed by atoms with van der Waals surface area (Å²) in [6.07, 6.45) is 0. The number of benzene rings is 2. The van der Waals surface area contributed by atoms with Crippen molar-refractivity contribution in [3.05, 3.63) is 53.6 Å². The van der Waals surface area contributed by atoms with Crippen molar-refractivity contribution in [3.8, 4) is 0 Å². The van der Waals surface area contributed by atoms with Gasteiger partial charge in [-0.15, -0.1) is 11.8 Å². The summed E-state index contributed by atoms with van der Waals surface area (Å²) < 4.78 is 28.0. The van der Waals surface area contributed by atoms with Crippen LogP contribution in [0.4, 0.5) is 5.69 Å². The fourth-order valence-electron chi connectivity index (χ4n) is 2.97. The van der Waals surface area contributed by atoms with Gasteiger partial charge in [0.25, 0.3) is 0 Å². The third kappa shape index (κ3) is 4.11. The van der Waals surface area contributed by atoms with E-state index in [1.165, 1.54) is 6.92 Å². The van der Waals surface area contributed by atoms with Gasteiger partial charge >= 0.3 is 0 Å². The predicted molar refractivity (Wildman–Crippen MR) is 105 cm³/mol. The molecule has 0 saturated carbocycles. The molecule has 1 amide bonds. The van der Waals surface area contributed by atoms with Gasteiger partial charge in [-0.25, -0.2) is 13.1 Å². The van der Waals surface area contributed by atoms with Gasteiger partial charge in [0.2, 0.25) is 15.9 Å². The van der Waals surface area contributed by atoms with Crippen molar-refractivity contribution < 1.29 is 13.2 Å². The van der Waals surface area contributed by atoms with E-state index >= 15 is 0 Å². The summed E-state index contributed by atoms with van der Waals surface area (Å²) in [5.41, 5.74) is 2.65.